The number of rotatable bonds is 8. The molecule has 0 unspecified atom stereocenters. The number of aliphatic carboxylic acids is 3. The van der Waals surface area contributed by atoms with E-state index in [1.165, 1.54) is 36.0 Å². The van der Waals surface area contributed by atoms with Crippen LogP contribution in [-0.2, 0) is 28.8 Å². The van der Waals surface area contributed by atoms with Crippen LogP contribution in [0.25, 0.3) is 0 Å². The van der Waals surface area contributed by atoms with E-state index in [0.717, 1.165) is 38.5 Å². The molecule has 3 aliphatic heterocycles. The molecule has 0 spiro atoms. The van der Waals surface area contributed by atoms with E-state index in [2.05, 4.69) is 16.0 Å². The lowest BCUT2D eigenvalue weighted by atomic mass is 9.79. The van der Waals surface area contributed by atoms with E-state index in [1.54, 1.807) is 0 Å². The zero-order chi connectivity index (χ0) is 46.2. The Morgan fingerprint density at radius 2 is 0.638 bits per heavy atom. The number of carboxylic acids is 3. The van der Waals surface area contributed by atoms with E-state index in [4.69, 9.17) is 20.4 Å². The molecular weight excluding hydrogens is 760 g/mol. The molecule has 3 rings (SSSR count). The van der Waals surface area contributed by atoms with Crippen molar-refractivity contribution in [3.63, 3.8) is 0 Å². The van der Waals surface area contributed by atoms with Gasteiger partial charge in [0.1, 0.15) is 0 Å². The largest absolute Gasteiger partial charge is 0.481 e. The first-order valence-corrected chi connectivity index (χ1v) is 19.4. The van der Waals surface area contributed by atoms with Crippen molar-refractivity contribution < 1.29 is 64.8 Å². The van der Waals surface area contributed by atoms with Crippen molar-refractivity contribution >= 4 is 35.6 Å². The zero-order valence-corrected chi connectivity index (χ0v) is 37.3. The molecule has 10 N–H and O–H groups in total. The SMILES string of the molecule is CC(=O)NC1CC(C)(C)N(O)C(C)(C)C1.CC(=O)NC1CC(C)(C)N(O)C(C)(C)C1.CC(=O)NC1CC(C)(C)N(O)C(C)(C)C1.O=C(O)CC(O)(CC(=O)O)C(=O)O. The monoisotopic (exact) mass is 835 g/mol. The van der Waals surface area contributed by atoms with E-state index in [-0.39, 0.29) is 69.1 Å². The van der Waals surface area contributed by atoms with Crippen LogP contribution in [0.15, 0.2) is 0 Å². The predicted octanol–water partition coefficient (Wildman–Crippen LogP) is 3.35. The average molecular weight is 835 g/mol. The Kier molecular flexibility index (Phi) is 19.0. The molecule has 3 fully saturated rings. The fourth-order valence-corrected chi connectivity index (χ4v) is 8.69. The Bertz CT molecular complexity index is 1260. The molecule has 0 aromatic rings. The lowest BCUT2D eigenvalue weighted by molar-refractivity contribution is -0.246. The molecule has 338 valence electrons. The maximum atomic E-state index is 11.0. The summed E-state index contributed by atoms with van der Waals surface area (Å²) in [5, 5.41) is 77.0. The van der Waals surface area contributed by atoms with Gasteiger partial charge in [-0.05, 0) is 122 Å². The molecule has 0 aromatic carbocycles. The summed E-state index contributed by atoms with van der Waals surface area (Å²) >= 11 is 0. The normalized spacial score (nSPS) is 22.8. The zero-order valence-electron chi connectivity index (χ0n) is 37.3. The third kappa shape index (κ3) is 17.0. The van der Waals surface area contributed by atoms with Crippen molar-refractivity contribution in [3.8, 4) is 0 Å². The van der Waals surface area contributed by atoms with E-state index < -0.39 is 36.4 Å². The Balaban J connectivity index is 0.000000749. The first kappa shape index (κ1) is 54.5. The molecule has 58 heavy (non-hydrogen) atoms. The van der Waals surface area contributed by atoms with Crippen LogP contribution in [0.5, 0.6) is 0 Å². The maximum absolute atomic E-state index is 11.0. The van der Waals surface area contributed by atoms with E-state index in [9.17, 15) is 44.4 Å². The minimum atomic E-state index is -2.74. The van der Waals surface area contributed by atoms with Gasteiger partial charge < -0.3 is 52.0 Å². The van der Waals surface area contributed by atoms with Gasteiger partial charge in [0, 0.05) is 72.1 Å². The predicted molar refractivity (Wildman–Crippen MR) is 213 cm³/mol. The molecule has 3 amide bonds. The van der Waals surface area contributed by atoms with Gasteiger partial charge in [-0.15, -0.1) is 0 Å². The molecular formula is C39H74N6O13. The highest BCUT2D eigenvalue weighted by Crippen LogP contribution is 2.38. The van der Waals surface area contributed by atoms with Crippen LogP contribution in [0.1, 0.15) is 155 Å². The molecule has 19 nitrogen and oxygen atoms in total. The lowest BCUT2D eigenvalue weighted by Crippen LogP contribution is -2.62. The number of hydroxylamine groups is 6. The lowest BCUT2D eigenvalue weighted by Gasteiger charge is -2.51. The summed E-state index contributed by atoms with van der Waals surface area (Å²) in [4.78, 5) is 63.6. The molecule has 19 heteroatoms. The number of carboxylic acid groups (broad SMARTS) is 3. The molecule has 0 aromatic heterocycles. The van der Waals surface area contributed by atoms with Gasteiger partial charge in [0.05, 0.1) is 12.8 Å². The van der Waals surface area contributed by atoms with E-state index >= 15 is 0 Å². The smallest absolute Gasteiger partial charge is 0.336 e. The molecule has 0 atom stereocenters. The molecule has 3 heterocycles. The van der Waals surface area contributed by atoms with Crippen LogP contribution < -0.4 is 16.0 Å². The van der Waals surface area contributed by atoms with Crippen molar-refractivity contribution in [1.29, 1.82) is 0 Å². The number of carbonyl (C=O) groups is 6. The van der Waals surface area contributed by atoms with Gasteiger partial charge >= 0.3 is 17.9 Å². The number of hydrogen-bond acceptors (Lipinski definition) is 13. The Hall–Kier alpha value is -3.46. The van der Waals surface area contributed by atoms with Crippen LogP contribution in [0, 0.1) is 0 Å². The first-order chi connectivity index (χ1) is 25.7. The van der Waals surface area contributed by atoms with Gasteiger partial charge in [-0.1, -0.05) is 0 Å². The number of hydrogen-bond donors (Lipinski definition) is 10. The van der Waals surface area contributed by atoms with Crippen molar-refractivity contribution in [3.05, 3.63) is 0 Å². The highest BCUT2D eigenvalue weighted by Gasteiger charge is 2.47. The van der Waals surface area contributed by atoms with Gasteiger partial charge in [0.15, 0.2) is 5.60 Å². The standard InChI is InChI=1S/3C11H22N2O2.C6H8O7/c3*1-8(14)12-9-6-10(2,3)13(15)11(4,5)7-9;7-3(8)1-6(13,5(11)12)2-4(9)10/h3*9,15H,6-7H2,1-5H3,(H,12,14);13H,1-2H2,(H,7,8)(H,9,10)(H,11,12). The number of carbonyl (C=O) groups excluding carboxylic acids is 3. The van der Waals surface area contributed by atoms with Crippen LogP contribution in [0.2, 0.25) is 0 Å². The van der Waals surface area contributed by atoms with Crippen molar-refractivity contribution in [2.24, 2.45) is 0 Å². The molecule has 0 radical (unpaired) electrons. The summed E-state index contributed by atoms with van der Waals surface area (Å²) in [5.74, 6) is -5.02. The second-order valence-electron chi connectivity index (χ2n) is 19.7. The summed E-state index contributed by atoms with van der Waals surface area (Å²) in [6.07, 6.45) is 2.33. The van der Waals surface area contributed by atoms with E-state index in [0.29, 0.717) is 0 Å². The summed E-state index contributed by atoms with van der Waals surface area (Å²) in [6, 6.07) is 0.447. The van der Waals surface area contributed by atoms with Gasteiger partial charge in [0.25, 0.3) is 0 Å². The number of nitrogens with one attached hydrogen (secondary N) is 3. The Morgan fingerprint density at radius 1 is 0.466 bits per heavy atom. The van der Waals surface area contributed by atoms with Crippen LogP contribution in [-0.4, -0.2) is 144 Å². The highest BCUT2D eigenvalue weighted by molar-refractivity contribution is 5.88. The van der Waals surface area contributed by atoms with Gasteiger partial charge in [-0.25, -0.2) is 4.79 Å². The van der Waals surface area contributed by atoms with Crippen LogP contribution in [0.3, 0.4) is 0 Å². The van der Waals surface area contributed by atoms with Crippen molar-refractivity contribution in [2.75, 3.05) is 0 Å². The van der Waals surface area contributed by atoms with Crippen molar-refractivity contribution in [1.82, 2.24) is 31.1 Å². The first-order valence-electron chi connectivity index (χ1n) is 19.4. The van der Waals surface area contributed by atoms with Crippen molar-refractivity contribution in [2.45, 2.75) is 212 Å². The molecule has 0 aliphatic carbocycles. The summed E-state index contributed by atoms with van der Waals surface area (Å²) in [6.45, 7) is 28.5. The fourth-order valence-electron chi connectivity index (χ4n) is 8.69. The third-order valence-corrected chi connectivity index (χ3v) is 10.4. The fraction of sp³-hybridized carbons (Fsp3) is 0.846. The maximum Gasteiger partial charge on any atom is 0.336 e. The third-order valence-electron chi connectivity index (χ3n) is 10.4. The second kappa shape index (κ2) is 20.2. The Labute approximate surface area is 343 Å². The number of amides is 3. The number of nitrogens with zero attached hydrogens (tertiary/aromatic N) is 3. The quantitative estimate of drug-likeness (QED) is 0.168. The second-order valence-corrected chi connectivity index (χ2v) is 19.7. The average Bonchev–Trinajstić information content (AvgIpc) is 2.95. The molecule has 3 aliphatic rings. The summed E-state index contributed by atoms with van der Waals surface area (Å²) in [7, 11) is 0. The minimum Gasteiger partial charge on any atom is -0.481 e. The molecule has 0 saturated carbocycles. The summed E-state index contributed by atoms with van der Waals surface area (Å²) < 4.78 is 0. The van der Waals surface area contributed by atoms with Gasteiger partial charge in [-0.3, -0.25) is 24.0 Å². The topological polar surface area (TPSA) is 290 Å². The number of piperidine rings is 3. The Morgan fingerprint density at radius 3 is 0.759 bits per heavy atom. The van der Waals surface area contributed by atoms with Gasteiger partial charge in [0.2, 0.25) is 17.7 Å². The van der Waals surface area contributed by atoms with Gasteiger partial charge in [-0.2, -0.15) is 15.2 Å². The highest BCUT2D eigenvalue weighted by atomic mass is 16.5. The van der Waals surface area contributed by atoms with Crippen LogP contribution in [0.4, 0.5) is 0 Å². The number of aliphatic hydroxyl groups is 1. The molecule has 0 bridgehead atoms. The molecule has 3 saturated heterocycles. The van der Waals surface area contributed by atoms with E-state index in [1.807, 2.05) is 83.1 Å². The van der Waals surface area contributed by atoms with Crippen LogP contribution >= 0.6 is 0 Å². The minimum absolute atomic E-state index is 0.00186. The summed E-state index contributed by atoms with van der Waals surface area (Å²) in [5.41, 5.74) is -4.52.